The van der Waals surface area contributed by atoms with E-state index in [0.29, 0.717) is 13.1 Å². The van der Waals surface area contributed by atoms with E-state index in [-0.39, 0.29) is 23.2 Å². The molecule has 1 fully saturated rings. The van der Waals surface area contributed by atoms with Crippen LogP contribution in [0.25, 0.3) is 0 Å². The van der Waals surface area contributed by atoms with Crippen molar-refractivity contribution in [3.8, 4) is 0 Å². The van der Waals surface area contributed by atoms with Crippen LogP contribution in [0.15, 0.2) is 30.3 Å². The third kappa shape index (κ3) is 3.32. The van der Waals surface area contributed by atoms with Crippen LogP contribution >= 0.6 is 0 Å². The van der Waals surface area contributed by atoms with Crippen LogP contribution in [0, 0.1) is 17.3 Å². The van der Waals surface area contributed by atoms with Crippen molar-refractivity contribution in [3.63, 3.8) is 0 Å². The molecule has 120 valence electrons. The van der Waals surface area contributed by atoms with Gasteiger partial charge in [0.2, 0.25) is 5.91 Å². The first kappa shape index (κ1) is 16.5. The number of likely N-dealkylation sites (tertiary alicyclic amines) is 1. The quantitative estimate of drug-likeness (QED) is 0.934. The second kappa shape index (κ2) is 6.11. The lowest BCUT2D eigenvalue weighted by Crippen LogP contribution is -2.39. The van der Waals surface area contributed by atoms with Crippen molar-refractivity contribution in [1.29, 1.82) is 0 Å². The summed E-state index contributed by atoms with van der Waals surface area (Å²) >= 11 is 0. The zero-order chi connectivity index (χ0) is 16.5. The van der Waals surface area contributed by atoms with Gasteiger partial charge >= 0.3 is 5.97 Å². The summed E-state index contributed by atoms with van der Waals surface area (Å²) in [6.07, 6.45) is 0. The molecule has 1 aromatic carbocycles. The van der Waals surface area contributed by atoms with Gasteiger partial charge in [-0.1, -0.05) is 58.0 Å². The van der Waals surface area contributed by atoms with Crippen LogP contribution in [0.2, 0.25) is 0 Å². The van der Waals surface area contributed by atoms with E-state index < -0.39 is 11.9 Å². The van der Waals surface area contributed by atoms with E-state index in [1.807, 2.05) is 58.0 Å². The fraction of sp³-hybridized carbons (Fsp3) is 0.556. The topological polar surface area (TPSA) is 57.6 Å². The highest BCUT2D eigenvalue weighted by atomic mass is 16.4. The van der Waals surface area contributed by atoms with Gasteiger partial charge in [-0.3, -0.25) is 9.59 Å². The fourth-order valence-electron chi connectivity index (χ4n) is 2.92. The van der Waals surface area contributed by atoms with E-state index in [1.165, 1.54) is 0 Å². The molecule has 1 heterocycles. The molecule has 4 nitrogen and oxygen atoms in total. The first-order chi connectivity index (χ1) is 10.2. The number of carboxylic acids is 1. The molecular weight excluding hydrogens is 278 g/mol. The lowest BCUT2D eigenvalue weighted by molar-refractivity contribution is -0.142. The second-order valence-electron chi connectivity index (χ2n) is 7.29. The molecular formula is C18H25NO3. The van der Waals surface area contributed by atoms with Gasteiger partial charge < -0.3 is 10.0 Å². The van der Waals surface area contributed by atoms with E-state index in [9.17, 15) is 14.7 Å². The number of aliphatic carboxylic acids is 1. The SMILES string of the molecule is CC(C(=O)N1C[C@H](C(=O)O)[C@H](c2ccccc2)C1)C(C)(C)C. The van der Waals surface area contributed by atoms with E-state index in [1.54, 1.807) is 4.90 Å². The van der Waals surface area contributed by atoms with Crippen LogP contribution in [0.1, 0.15) is 39.2 Å². The van der Waals surface area contributed by atoms with Crippen molar-refractivity contribution in [2.75, 3.05) is 13.1 Å². The lowest BCUT2D eigenvalue weighted by Gasteiger charge is -2.30. The maximum Gasteiger partial charge on any atom is 0.308 e. The van der Waals surface area contributed by atoms with Crippen molar-refractivity contribution in [2.45, 2.75) is 33.6 Å². The van der Waals surface area contributed by atoms with Gasteiger partial charge in [0.1, 0.15) is 0 Å². The molecule has 0 aromatic heterocycles. The van der Waals surface area contributed by atoms with Gasteiger partial charge in [0, 0.05) is 24.9 Å². The number of rotatable bonds is 3. The molecule has 2 rings (SSSR count). The molecule has 0 spiro atoms. The zero-order valence-electron chi connectivity index (χ0n) is 13.7. The largest absolute Gasteiger partial charge is 0.481 e. The van der Waals surface area contributed by atoms with Gasteiger partial charge in [0.25, 0.3) is 0 Å². The predicted octanol–water partition coefficient (Wildman–Crippen LogP) is 3.00. The number of hydrogen-bond acceptors (Lipinski definition) is 2. The van der Waals surface area contributed by atoms with Crippen LogP contribution in [-0.2, 0) is 9.59 Å². The summed E-state index contributed by atoms with van der Waals surface area (Å²) < 4.78 is 0. The molecule has 0 bridgehead atoms. The molecule has 1 aliphatic rings. The number of hydrogen-bond donors (Lipinski definition) is 1. The minimum Gasteiger partial charge on any atom is -0.481 e. The average Bonchev–Trinajstić information content (AvgIpc) is 2.91. The van der Waals surface area contributed by atoms with Crippen LogP contribution in [0.4, 0.5) is 0 Å². The Kier molecular flexibility index (Phi) is 4.59. The molecule has 0 saturated carbocycles. The number of carboxylic acid groups (broad SMARTS) is 1. The number of benzene rings is 1. The van der Waals surface area contributed by atoms with Crippen molar-refractivity contribution in [3.05, 3.63) is 35.9 Å². The molecule has 1 unspecified atom stereocenters. The zero-order valence-corrected chi connectivity index (χ0v) is 13.7. The highest BCUT2D eigenvalue weighted by molar-refractivity contribution is 5.81. The summed E-state index contributed by atoms with van der Waals surface area (Å²) in [5, 5.41) is 9.51. The summed E-state index contributed by atoms with van der Waals surface area (Å²) in [6, 6.07) is 9.63. The van der Waals surface area contributed by atoms with Gasteiger partial charge in [0.15, 0.2) is 0 Å². The molecule has 4 heteroatoms. The number of amides is 1. The Labute approximate surface area is 132 Å². The third-order valence-electron chi connectivity index (χ3n) is 4.85. The Morgan fingerprint density at radius 1 is 1.18 bits per heavy atom. The summed E-state index contributed by atoms with van der Waals surface area (Å²) in [6.45, 7) is 8.82. The van der Waals surface area contributed by atoms with E-state index in [2.05, 4.69) is 0 Å². The Morgan fingerprint density at radius 2 is 1.77 bits per heavy atom. The van der Waals surface area contributed by atoms with Crippen molar-refractivity contribution < 1.29 is 14.7 Å². The Balaban J connectivity index is 2.21. The Hall–Kier alpha value is -1.84. The lowest BCUT2D eigenvalue weighted by atomic mass is 9.81. The molecule has 22 heavy (non-hydrogen) atoms. The first-order valence-corrected chi connectivity index (χ1v) is 7.78. The number of nitrogens with zero attached hydrogens (tertiary/aromatic N) is 1. The van der Waals surface area contributed by atoms with E-state index >= 15 is 0 Å². The second-order valence-corrected chi connectivity index (χ2v) is 7.29. The molecule has 0 aliphatic carbocycles. The Morgan fingerprint density at radius 3 is 2.27 bits per heavy atom. The van der Waals surface area contributed by atoms with Crippen LogP contribution in [-0.4, -0.2) is 35.0 Å². The van der Waals surface area contributed by atoms with Gasteiger partial charge in [-0.25, -0.2) is 0 Å². The molecule has 1 saturated heterocycles. The summed E-state index contributed by atoms with van der Waals surface area (Å²) in [5.41, 5.74) is 0.870. The first-order valence-electron chi connectivity index (χ1n) is 7.78. The standard InChI is InChI=1S/C18H25NO3/c1-12(18(2,3)4)16(20)19-10-14(15(11-19)17(21)22)13-8-6-5-7-9-13/h5-9,12,14-15H,10-11H2,1-4H3,(H,21,22)/t12?,14-,15-/m0/s1. The molecule has 1 N–H and O–H groups in total. The average molecular weight is 303 g/mol. The summed E-state index contributed by atoms with van der Waals surface area (Å²) in [4.78, 5) is 26.0. The van der Waals surface area contributed by atoms with Crippen molar-refractivity contribution in [2.24, 2.45) is 17.3 Å². The highest BCUT2D eigenvalue weighted by Crippen LogP contribution is 2.35. The van der Waals surface area contributed by atoms with Crippen molar-refractivity contribution in [1.82, 2.24) is 4.90 Å². The maximum absolute atomic E-state index is 12.7. The third-order valence-corrected chi connectivity index (χ3v) is 4.85. The van der Waals surface area contributed by atoms with Crippen molar-refractivity contribution >= 4 is 11.9 Å². The minimum atomic E-state index is -0.826. The van der Waals surface area contributed by atoms with Gasteiger partial charge in [-0.2, -0.15) is 0 Å². The van der Waals surface area contributed by atoms with E-state index in [4.69, 9.17) is 0 Å². The number of carbonyl (C=O) groups is 2. The molecule has 1 amide bonds. The minimum absolute atomic E-state index is 0.0529. The smallest absolute Gasteiger partial charge is 0.308 e. The van der Waals surface area contributed by atoms with Crippen LogP contribution in [0.5, 0.6) is 0 Å². The fourth-order valence-corrected chi connectivity index (χ4v) is 2.92. The monoisotopic (exact) mass is 303 g/mol. The van der Waals surface area contributed by atoms with Gasteiger partial charge in [0.05, 0.1) is 5.92 Å². The molecule has 1 aromatic rings. The van der Waals surface area contributed by atoms with Crippen LogP contribution in [0.3, 0.4) is 0 Å². The predicted molar refractivity (Wildman–Crippen MR) is 85.5 cm³/mol. The summed E-state index contributed by atoms with van der Waals surface area (Å²) in [5.74, 6) is -1.56. The van der Waals surface area contributed by atoms with Gasteiger partial charge in [-0.05, 0) is 11.0 Å². The van der Waals surface area contributed by atoms with Gasteiger partial charge in [-0.15, -0.1) is 0 Å². The molecule has 0 radical (unpaired) electrons. The summed E-state index contributed by atoms with van der Waals surface area (Å²) in [7, 11) is 0. The number of carbonyl (C=O) groups excluding carboxylic acids is 1. The maximum atomic E-state index is 12.7. The highest BCUT2D eigenvalue weighted by Gasteiger charge is 2.42. The van der Waals surface area contributed by atoms with Crippen LogP contribution < -0.4 is 0 Å². The Bertz CT molecular complexity index is 547. The molecule has 1 aliphatic heterocycles. The van der Waals surface area contributed by atoms with E-state index in [0.717, 1.165) is 5.56 Å². The molecule has 3 atom stereocenters. The normalized spacial score (nSPS) is 23.4.